The molecule has 0 radical (unpaired) electrons. The molecule has 17 heavy (non-hydrogen) atoms. The maximum absolute atomic E-state index is 13.3. The highest BCUT2D eigenvalue weighted by Gasteiger charge is 2.27. The van der Waals surface area contributed by atoms with Gasteiger partial charge in [0.15, 0.2) is 0 Å². The van der Waals surface area contributed by atoms with Crippen LogP contribution in [0.15, 0.2) is 12.1 Å². The highest BCUT2D eigenvalue weighted by molar-refractivity contribution is 5.67. The Balaban J connectivity index is 2.15. The molecule has 0 bridgehead atoms. The van der Waals surface area contributed by atoms with Crippen LogP contribution in [-0.4, -0.2) is 19.3 Å². The van der Waals surface area contributed by atoms with Crippen LogP contribution >= 0.6 is 0 Å². The van der Waals surface area contributed by atoms with Gasteiger partial charge in [-0.1, -0.05) is 0 Å². The number of nitrogens with one attached hydrogen (secondary N) is 1. The Kier molecular flexibility index (Phi) is 3.52. The fraction of sp³-hybridized carbons (Fsp3) is 0.538. The molecule has 0 saturated heterocycles. The molecule has 2 unspecified atom stereocenters. The summed E-state index contributed by atoms with van der Waals surface area (Å²) in [5.74, 6) is -0.261. The number of anilines is 2. The van der Waals surface area contributed by atoms with Gasteiger partial charge in [0, 0.05) is 7.11 Å². The number of ether oxygens (including phenoxy) is 1. The first-order valence-corrected chi connectivity index (χ1v) is 5.96. The summed E-state index contributed by atoms with van der Waals surface area (Å²) < 4.78 is 18.7. The fourth-order valence-corrected chi connectivity index (χ4v) is 2.39. The van der Waals surface area contributed by atoms with Crippen LogP contribution in [-0.2, 0) is 4.74 Å². The average molecular weight is 238 g/mol. The predicted octanol–water partition coefficient (Wildman–Crippen LogP) is 2.70. The summed E-state index contributed by atoms with van der Waals surface area (Å²) >= 11 is 0. The predicted molar refractivity (Wildman–Crippen MR) is 67.6 cm³/mol. The Morgan fingerprint density at radius 1 is 1.41 bits per heavy atom. The lowest BCUT2D eigenvalue weighted by Crippen LogP contribution is -2.30. The standard InChI is InChI=1S/C13H19FN2O/c1-8-6-12(10(15)7-9(8)14)16-11-4-3-5-13(11)17-2/h6-7,11,13,16H,3-5,15H2,1-2H3. The Hall–Kier alpha value is -1.29. The van der Waals surface area contributed by atoms with Gasteiger partial charge in [0.25, 0.3) is 0 Å². The summed E-state index contributed by atoms with van der Waals surface area (Å²) in [4.78, 5) is 0. The quantitative estimate of drug-likeness (QED) is 0.796. The van der Waals surface area contributed by atoms with E-state index in [1.54, 1.807) is 20.1 Å². The Morgan fingerprint density at radius 3 is 2.88 bits per heavy atom. The van der Waals surface area contributed by atoms with E-state index in [9.17, 15) is 4.39 Å². The summed E-state index contributed by atoms with van der Waals surface area (Å²) in [7, 11) is 1.73. The third-order valence-electron chi connectivity index (χ3n) is 3.43. The minimum absolute atomic E-state index is 0.222. The number of rotatable bonds is 3. The molecule has 1 fully saturated rings. The van der Waals surface area contributed by atoms with E-state index in [1.807, 2.05) is 0 Å². The number of benzene rings is 1. The first-order valence-electron chi connectivity index (χ1n) is 5.96. The molecule has 3 nitrogen and oxygen atoms in total. The van der Waals surface area contributed by atoms with Crippen molar-refractivity contribution in [2.45, 2.75) is 38.3 Å². The van der Waals surface area contributed by atoms with Gasteiger partial charge in [-0.25, -0.2) is 4.39 Å². The van der Waals surface area contributed by atoms with Gasteiger partial charge in [-0.05, 0) is 43.9 Å². The molecule has 0 aromatic heterocycles. The van der Waals surface area contributed by atoms with Gasteiger partial charge in [-0.2, -0.15) is 0 Å². The van der Waals surface area contributed by atoms with Crippen molar-refractivity contribution in [3.63, 3.8) is 0 Å². The maximum atomic E-state index is 13.3. The van der Waals surface area contributed by atoms with E-state index in [0.717, 1.165) is 24.9 Å². The second kappa shape index (κ2) is 4.92. The van der Waals surface area contributed by atoms with Crippen molar-refractivity contribution in [3.05, 3.63) is 23.5 Å². The molecule has 1 aliphatic rings. The Labute approximate surface area is 101 Å². The topological polar surface area (TPSA) is 47.3 Å². The van der Waals surface area contributed by atoms with Crippen LogP contribution in [0.5, 0.6) is 0 Å². The summed E-state index contributed by atoms with van der Waals surface area (Å²) in [6.45, 7) is 1.74. The lowest BCUT2D eigenvalue weighted by Gasteiger charge is -2.22. The summed E-state index contributed by atoms with van der Waals surface area (Å²) in [6.07, 6.45) is 3.50. The van der Waals surface area contributed by atoms with Crippen LogP contribution in [0.3, 0.4) is 0 Å². The number of hydrogen-bond donors (Lipinski definition) is 2. The van der Waals surface area contributed by atoms with Crippen molar-refractivity contribution in [2.24, 2.45) is 0 Å². The first kappa shape index (κ1) is 12.2. The van der Waals surface area contributed by atoms with E-state index in [-0.39, 0.29) is 18.0 Å². The van der Waals surface area contributed by atoms with Crippen molar-refractivity contribution < 1.29 is 9.13 Å². The molecule has 0 heterocycles. The second-order valence-electron chi connectivity index (χ2n) is 4.64. The zero-order chi connectivity index (χ0) is 12.4. The molecule has 0 aliphatic heterocycles. The molecule has 4 heteroatoms. The van der Waals surface area contributed by atoms with Crippen molar-refractivity contribution in [1.29, 1.82) is 0 Å². The Morgan fingerprint density at radius 2 is 2.18 bits per heavy atom. The minimum atomic E-state index is -0.261. The molecule has 2 rings (SSSR count). The highest BCUT2D eigenvalue weighted by atomic mass is 19.1. The van der Waals surface area contributed by atoms with E-state index in [2.05, 4.69) is 5.32 Å². The number of aryl methyl sites for hydroxylation is 1. The third kappa shape index (κ3) is 2.52. The molecule has 1 aromatic rings. The van der Waals surface area contributed by atoms with Crippen molar-refractivity contribution >= 4 is 11.4 Å². The van der Waals surface area contributed by atoms with Crippen LogP contribution in [0.4, 0.5) is 15.8 Å². The third-order valence-corrected chi connectivity index (χ3v) is 3.43. The molecule has 1 aliphatic carbocycles. The Bertz CT molecular complexity index is 409. The van der Waals surface area contributed by atoms with Crippen molar-refractivity contribution in [1.82, 2.24) is 0 Å². The van der Waals surface area contributed by atoms with Gasteiger partial charge in [0.2, 0.25) is 0 Å². The summed E-state index contributed by atoms with van der Waals surface area (Å²) in [6, 6.07) is 3.40. The van der Waals surface area contributed by atoms with E-state index in [4.69, 9.17) is 10.5 Å². The van der Waals surface area contributed by atoms with Gasteiger partial charge in [-0.3, -0.25) is 0 Å². The largest absolute Gasteiger partial charge is 0.397 e. The molecule has 94 valence electrons. The van der Waals surface area contributed by atoms with Gasteiger partial charge in [0.05, 0.1) is 23.5 Å². The molecule has 0 spiro atoms. The molecular weight excluding hydrogens is 219 g/mol. The van der Waals surface area contributed by atoms with E-state index >= 15 is 0 Å². The van der Waals surface area contributed by atoms with E-state index in [1.165, 1.54) is 6.07 Å². The maximum Gasteiger partial charge on any atom is 0.128 e. The van der Waals surface area contributed by atoms with Crippen molar-refractivity contribution in [3.8, 4) is 0 Å². The van der Waals surface area contributed by atoms with E-state index in [0.29, 0.717) is 11.3 Å². The second-order valence-corrected chi connectivity index (χ2v) is 4.64. The molecule has 1 saturated carbocycles. The summed E-state index contributed by atoms with van der Waals surface area (Å²) in [5, 5.41) is 3.36. The van der Waals surface area contributed by atoms with Crippen LogP contribution in [0.25, 0.3) is 0 Å². The SMILES string of the molecule is COC1CCCC1Nc1cc(C)c(F)cc1N. The normalized spacial score (nSPS) is 23.9. The number of halogens is 1. The molecule has 0 amide bonds. The van der Waals surface area contributed by atoms with Gasteiger partial charge >= 0.3 is 0 Å². The smallest absolute Gasteiger partial charge is 0.128 e. The van der Waals surface area contributed by atoms with Crippen LogP contribution < -0.4 is 11.1 Å². The van der Waals surface area contributed by atoms with E-state index < -0.39 is 0 Å². The molecular formula is C13H19FN2O. The van der Waals surface area contributed by atoms with Crippen LogP contribution in [0.1, 0.15) is 24.8 Å². The number of nitrogen functional groups attached to an aromatic ring is 1. The molecule has 2 atom stereocenters. The number of hydrogen-bond acceptors (Lipinski definition) is 3. The molecule has 3 N–H and O–H groups in total. The fourth-order valence-electron chi connectivity index (χ4n) is 2.39. The summed E-state index contributed by atoms with van der Waals surface area (Å²) in [5.41, 5.74) is 7.67. The zero-order valence-electron chi connectivity index (χ0n) is 10.3. The lowest BCUT2D eigenvalue weighted by molar-refractivity contribution is 0.101. The lowest BCUT2D eigenvalue weighted by atomic mass is 10.1. The van der Waals surface area contributed by atoms with Gasteiger partial charge < -0.3 is 15.8 Å². The average Bonchev–Trinajstić information content (AvgIpc) is 2.73. The minimum Gasteiger partial charge on any atom is -0.397 e. The molecule has 1 aromatic carbocycles. The number of methoxy groups -OCH3 is 1. The monoisotopic (exact) mass is 238 g/mol. The van der Waals surface area contributed by atoms with Crippen molar-refractivity contribution in [2.75, 3.05) is 18.2 Å². The van der Waals surface area contributed by atoms with Crippen LogP contribution in [0, 0.1) is 12.7 Å². The van der Waals surface area contributed by atoms with Gasteiger partial charge in [0.1, 0.15) is 5.82 Å². The first-order chi connectivity index (χ1) is 8.11. The highest BCUT2D eigenvalue weighted by Crippen LogP contribution is 2.29. The zero-order valence-corrected chi connectivity index (χ0v) is 10.3. The van der Waals surface area contributed by atoms with Gasteiger partial charge in [-0.15, -0.1) is 0 Å². The number of nitrogens with two attached hydrogens (primary N) is 1. The van der Waals surface area contributed by atoms with Crippen LogP contribution in [0.2, 0.25) is 0 Å².